The zero-order chi connectivity index (χ0) is 13.1. The Morgan fingerprint density at radius 3 is 2.83 bits per heavy atom. The summed E-state index contributed by atoms with van der Waals surface area (Å²) in [6.07, 6.45) is 6.75. The monoisotopic (exact) mass is 246 g/mol. The van der Waals surface area contributed by atoms with Gasteiger partial charge in [-0.05, 0) is 18.9 Å². The summed E-state index contributed by atoms with van der Waals surface area (Å²) >= 11 is 0. The lowest BCUT2D eigenvalue weighted by Gasteiger charge is -2.29. The number of allylic oxidation sites excluding steroid dienone is 2. The van der Waals surface area contributed by atoms with E-state index in [-0.39, 0.29) is 17.9 Å². The molecule has 1 saturated heterocycles. The van der Waals surface area contributed by atoms with E-state index in [0.29, 0.717) is 12.8 Å². The van der Waals surface area contributed by atoms with Crippen LogP contribution in [0.4, 0.5) is 0 Å². The molecule has 0 aromatic heterocycles. The van der Waals surface area contributed by atoms with Crippen molar-refractivity contribution in [3.05, 3.63) is 36.0 Å². The molecule has 0 saturated carbocycles. The summed E-state index contributed by atoms with van der Waals surface area (Å²) in [5, 5.41) is 2.41. The maximum absolute atomic E-state index is 11.8. The molecule has 1 atom stereocenters. The van der Waals surface area contributed by atoms with Crippen molar-refractivity contribution in [2.45, 2.75) is 25.8 Å². The van der Waals surface area contributed by atoms with Gasteiger partial charge in [0.25, 0.3) is 0 Å². The molecule has 1 unspecified atom stereocenters. The number of imide groups is 1. The van der Waals surface area contributed by atoms with Gasteiger partial charge in [0.05, 0.1) is 6.04 Å². The lowest BCUT2D eigenvalue weighted by Crippen LogP contribution is -2.52. The minimum absolute atomic E-state index is 0.159. The van der Waals surface area contributed by atoms with Gasteiger partial charge in [0.1, 0.15) is 0 Å². The molecule has 0 aliphatic carbocycles. The fourth-order valence-corrected chi connectivity index (χ4v) is 2.45. The fourth-order valence-electron chi connectivity index (χ4n) is 2.45. The molecule has 0 spiro atoms. The molecule has 1 fully saturated rings. The molecule has 0 radical (unpaired) electrons. The van der Waals surface area contributed by atoms with Gasteiger partial charge in [-0.1, -0.05) is 30.4 Å². The Hall–Kier alpha value is -1.68. The highest BCUT2D eigenvalue weighted by molar-refractivity contribution is 6.00. The van der Waals surface area contributed by atoms with Crippen LogP contribution in [0.25, 0.3) is 0 Å². The Bertz CT molecular complexity index is 449. The van der Waals surface area contributed by atoms with Crippen molar-refractivity contribution in [1.29, 1.82) is 0 Å². The molecular weight excluding hydrogens is 228 g/mol. The van der Waals surface area contributed by atoms with E-state index in [2.05, 4.69) is 23.7 Å². The Morgan fingerprint density at radius 1 is 1.39 bits per heavy atom. The molecule has 0 aromatic rings. The summed E-state index contributed by atoms with van der Waals surface area (Å²) in [4.78, 5) is 25.0. The molecule has 0 aromatic carbocycles. The van der Waals surface area contributed by atoms with Gasteiger partial charge in [-0.2, -0.15) is 0 Å². The average Bonchev–Trinajstić information content (AvgIpc) is 2.68. The highest BCUT2D eigenvalue weighted by atomic mass is 16.2. The highest BCUT2D eigenvalue weighted by Crippen LogP contribution is 2.23. The third-order valence-electron chi connectivity index (χ3n) is 3.45. The van der Waals surface area contributed by atoms with E-state index in [1.807, 2.05) is 12.2 Å². The van der Waals surface area contributed by atoms with Gasteiger partial charge in [0.15, 0.2) is 0 Å². The Labute approximate surface area is 107 Å². The lowest BCUT2D eigenvalue weighted by atomic mass is 10.0. The SMILES string of the molecule is C=C/C=C\C1=C(C)CN(C2CCC(=O)NC2=O)C1. The van der Waals surface area contributed by atoms with Gasteiger partial charge in [-0.15, -0.1) is 0 Å². The van der Waals surface area contributed by atoms with Crippen molar-refractivity contribution in [1.82, 2.24) is 10.2 Å². The molecule has 2 heterocycles. The molecule has 4 heteroatoms. The topological polar surface area (TPSA) is 49.4 Å². The molecule has 2 aliphatic heterocycles. The van der Waals surface area contributed by atoms with E-state index in [9.17, 15) is 9.59 Å². The first-order chi connectivity index (χ1) is 8.61. The largest absolute Gasteiger partial charge is 0.295 e. The van der Waals surface area contributed by atoms with Gasteiger partial charge < -0.3 is 0 Å². The van der Waals surface area contributed by atoms with Crippen LogP contribution < -0.4 is 5.32 Å². The van der Waals surface area contributed by atoms with Gasteiger partial charge >= 0.3 is 0 Å². The van der Waals surface area contributed by atoms with E-state index in [1.165, 1.54) is 11.1 Å². The summed E-state index contributed by atoms with van der Waals surface area (Å²) in [5.41, 5.74) is 2.51. The van der Waals surface area contributed by atoms with Crippen LogP contribution in [0.5, 0.6) is 0 Å². The number of hydrogen-bond donors (Lipinski definition) is 1. The third kappa shape index (κ3) is 2.59. The Morgan fingerprint density at radius 2 is 2.17 bits per heavy atom. The number of amides is 2. The summed E-state index contributed by atoms with van der Waals surface area (Å²) < 4.78 is 0. The second-order valence-corrected chi connectivity index (χ2v) is 4.77. The number of carbonyl (C=O) groups excluding carboxylic acids is 2. The summed E-state index contributed by atoms with van der Waals surface area (Å²) in [6, 6.07) is -0.174. The number of carbonyl (C=O) groups is 2. The molecule has 2 aliphatic rings. The summed E-state index contributed by atoms with van der Waals surface area (Å²) in [7, 11) is 0. The second-order valence-electron chi connectivity index (χ2n) is 4.77. The lowest BCUT2D eigenvalue weighted by molar-refractivity contribution is -0.137. The van der Waals surface area contributed by atoms with E-state index >= 15 is 0 Å². The van der Waals surface area contributed by atoms with Crippen LogP contribution in [-0.2, 0) is 9.59 Å². The second kappa shape index (κ2) is 5.31. The van der Waals surface area contributed by atoms with Crippen molar-refractivity contribution < 1.29 is 9.59 Å². The molecule has 0 bridgehead atoms. The van der Waals surface area contributed by atoms with Crippen molar-refractivity contribution in [3.63, 3.8) is 0 Å². The van der Waals surface area contributed by atoms with Crippen LogP contribution in [0.3, 0.4) is 0 Å². The first kappa shape index (κ1) is 12.8. The number of nitrogens with one attached hydrogen (secondary N) is 1. The summed E-state index contributed by atoms with van der Waals surface area (Å²) in [5.74, 6) is -0.320. The number of nitrogens with zero attached hydrogens (tertiary/aromatic N) is 1. The number of hydrogen-bond acceptors (Lipinski definition) is 3. The maximum Gasteiger partial charge on any atom is 0.243 e. The van der Waals surface area contributed by atoms with E-state index < -0.39 is 0 Å². The quantitative estimate of drug-likeness (QED) is 0.600. The van der Waals surface area contributed by atoms with Crippen LogP contribution in [0.15, 0.2) is 36.0 Å². The zero-order valence-electron chi connectivity index (χ0n) is 10.6. The number of rotatable bonds is 3. The predicted octanol–water partition coefficient (Wildman–Crippen LogP) is 1.17. The molecule has 18 heavy (non-hydrogen) atoms. The first-order valence-corrected chi connectivity index (χ1v) is 6.17. The standard InChI is InChI=1S/C14H18N2O2/c1-3-4-5-11-9-16(8-10(11)2)12-6-7-13(17)15-14(12)18/h3-5,12H,1,6-9H2,2H3,(H,15,17,18)/b5-4-. The fraction of sp³-hybridized carbons (Fsp3) is 0.429. The Balaban J connectivity index is 2.02. The molecule has 96 valence electrons. The molecule has 1 N–H and O–H groups in total. The van der Waals surface area contributed by atoms with Crippen molar-refractivity contribution in [3.8, 4) is 0 Å². The summed E-state index contributed by atoms with van der Waals surface area (Å²) in [6.45, 7) is 7.29. The molecule has 4 nitrogen and oxygen atoms in total. The van der Waals surface area contributed by atoms with Gasteiger partial charge in [0, 0.05) is 19.5 Å². The van der Waals surface area contributed by atoms with Gasteiger partial charge in [0.2, 0.25) is 11.8 Å². The molecule has 2 amide bonds. The van der Waals surface area contributed by atoms with Crippen molar-refractivity contribution >= 4 is 11.8 Å². The minimum atomic E-state index is -0.174. The average molecular weight is 246 g/mol. The van der Waals surface area contributed by atoms with Crippen LogP contribution in [-0.4, -0.2) is 35.8 Å². The Kier molecular flexibility index (Phi) is 3.77. The van der Waals surface area contributed by atoms with Crippen LogP contribution in [0.1, 0.15) is 19.8 Å². The van der Waals surface area contributed by atoms with E-state index in [0.717, 1.165) is 13.1 Å². The predicted molar refractivity (Wildman–Crippen MR) is 69.8 cm³/mol. The van der Waals surface area contributed by atoms with Crippen LogP contribution in [0.2, 0.25) is 0 Å². The first-order valence-electron chi connectivity index (χ1n) is 6.17. The van der Waals surface area contributed by atoms with E-state index in [1.54, 1.807) is 6.08 Å². The van der Waals surface area contributed by atoms with E-state index in [4.69, 9.17) is 0 Å². The molecular formula is C14H18N2O2. The van der Waals surface area contributed by atoms with Crippen molar-refractivity contribution in [2.24, 2.45) is 0 Å². The maximum atomic E-state index is 11.8. The van der Waals surface area contributed by atoms with Crippen molar-refractivity contribution in [2.75, 3.05) is 13.1 Å². The molecule has 2 rings (SSSR count). The normalized spacial score (nSPS) is 25.9. The zero-order valence-corrected chi connectivity index (χ0v) is 10.6. The minimum Gasteiger partial charge on any atom is -0.295 e. The smallest absolute Gasteiger partial charge is 0.243 e. The van der Waals surface area contributed by atoms with Crippen LogP contribution in [0, 0.1) is 0 Å². The third-order valence-corrected chi connectivity index (χ3v) is 3.45. The van der Waals surface area contributed by atoms with Gasteiger partial charge in [-0.25, -0.2) is 0 Å². The highest BCUT2D eigenvalue weighted by Gasteiger charge is 2.34. The van der Waals surface area contributed by atoms with Gasteiger partial charge in [-0.3, -0.25) is 19.8 Å². The van der Waals surface area contributed by atoms with Crippen LogP contribution >= 0.6 is 0 Å². The number of piperidine rings is 1.